The van der Waals surface area contributed by atoms with E-state index in [-0.39, 0.29) is 0 Å². The maximum Gasteiger partial charge on any atom is 0.573 e. The molecule has 2 aromatic carbocycles. The highest BCUT2D eigenvalue weighted by Gasteiger charge is 2.32. The monoisotopic (exact) mass is 268 g/mol. The molecular weight excluding hydrogens is 257 g/mol. The summed E-state index contributed by atoms with van der Waals surface area (Å²) in [5.41, 5.74) is 2.34. The number of halogens is 3. The van der Waals surface area contributed by atoms with Gasteiger partial charge in [0, 0.05) is 0 Å². The van der Waals surface area contributed by atoms with Gasteiger partial charge in [0.2, 0.25) is 0 Å². The number of aryl methyl sites for hydroxylation is 1. The molecule has 0 aliphatic rings. The number of rotatable bonds is 2. The van der Waals surface area contributed by atoms with Crippen molar-refractivity contribution in [2.75, 3.05) is 0 Å². The summed E-state index contributed by atoms with van der Waals surface area (Å²) in [6, 6.07) is 11.2. The first-order valence-electron chi connectivity index (χ1n) is 5.51. The van der Waals surface area contributed by atoms with Gasteiger partial charge in [0.05, 0.1) is 0 Å². The van der Waals surface area contributed by atoms with Crippen LogP contribution in [0, 0.1) is 6.92 Å². The van der Waals surface area contributed by atoms with Crippen molar-refractivity contribution >= 4 is 0 Å². The summed E-state index contributed by atoms with van der Waals surface area (Å²) >= 11 is 0. The zero-order valence-electron chi connectivity index (χ0n) is 10.0. The smallest absolute Gasteiger partial charge is 0.504 e. The van der Waals surface area contributed by atoms with Gasteiger partial charge in [-0.05, 0) is 30.2 Å². The number of phenols is 1. The first kappa shape index (κ1) is 13.3. The van der Waals surface area contributed by atoms with E-state index in [2.05, 4.69) is 4.74 Å². The van der Waals surface area contributed by atoms with Crippen molar-refractivity contribution in [1.82, 2.24) is 0 Å². The lowest BCUT2D eigenvalue weighted by molar-refractivity contribution is -0.275. The van der Waals surface area contributed by atoms with Crippen LogP contribution in [0.4, 0.5) is 13.2 Å². The third kappa shape index (κ3) is 3.40. The Balaban J connectivity index is 2.38. The minimum absolute atomic E-state index is 0.539. The molecule has 0 radical (unpaired) electrons. The summed E-state index contributed by atoms with van der Waals surface area (Å²) in [7, 11) is 0. The Hall–Kier alpha value is -2.17. The molecule has 0 aromatic heterocycles. The van der Waals surface area contributed by atoms with Gasteiger partial charge in [-0.1, -0.05) is 35.9 Å². The predicted octanol–water partition coefficient (Wildman–Crippen LogP) is 4.27. The molecule has 2 rings (SSSR count). The maximum absolute atomic E-state index is 12.2. The Bertz CT molecular complexity index is 574. The standard InChI is InChI=1S/C14H11F3O2/c1-9-2-4-10(5-3-9)11-6-7-12(18)13(8-11)19-14(15,16)17/h2-8,18H,1H3. The molecule has 0 aliphatic carbocycles. The second-order valence-corrected chi connectivity index (χ2v) is 4.10. The largest absolute Gasteiger partial charge is 0.573 e. The van der Waals surface area contributed by atoms with Crippen molar-refractivity contribution in [3.63, 3.8) is 0 Å². The van der Waals surface area contributed by atoms with Crippen molar-refractivity contribution in [1.29, 1.82) is 0 Å². The Morgan fingerprint density at radius 1 is 0.947 bits per heavy atom. The topological polar surface area (TPSA) is 29.5 Å². The van der Waals surface area contributed by atoms with Gasteiger partial charge in [-0.25, -0.2) is 0 Å². The lowest BCUT2D eigenvalue weighted by atomic mass is 10.0. The molecule has 0 bridgehead atoms. The normalized spacial score (nSPS) is 11.4. The van der Waals surface area contributed by atoms with Crippen LogP contribution in [0.5, 0.6) is 11.5 Å². The number of ether oxygens (including phenoxy) is 1. The summed E-state index contributed by atoms with van der Waals surface area (Å²) in [5, 5.41) is 9.36. The molecule has 0 spiro atoms. The highest BCUT2D eigenvalue weighted by atomic mass is 19.4. The average Bonchev–Trinajstić information content (AvgIpc) is 2.31. The Morgan fingerprint density at radius 3 is 2.11 bits per heavy atom. The number of benzene rings is 2. The third-order valence-corrected chi connectivity index (χ3v) is 2.57. The van der Waals surface area contributed by atoms with Crippen molar-refractivity contribution < 1.29 is 23.0 Å². The van der Waals surface area contributed by atoms with Gasteiger partial charge in [0.1, 0.15) is 0 Å². The van der Waals surface area contributed by atoms with Crippen LogP contribution in [0.2, 0.25) is 0 Å². The molecule has 0 atom stereocenters. The van der Waals surface area contributed by atoms with Gasteiger partial charge in [-0.2, -0.15) is 0 Å². The van der Waals surface area contributed by atoms with E-state index in [4.69, 9.17) is 0 Å². The van der Waals surface area contributed by atoms with Crippen molar-refractivity contribution in [2.24, 2.45) is 0 Å². The lowest BCUT2D eigenvalue weighted by Crippen LogP contribution is -2.17. The molecule has 5 heteroatoms. The zero-order valence-corrected chi connectivity index (χ0v) is 10.0. The molecule has 19 heavy (non-hydrogen) atoms. The Kier molecular flexibility index (Phi) is 3.38. The summed E-state index contributed by atoms with van der Waals surface area (Å²) in [6.45, 7) is 1.92. The van der Waals surface area contributed by atoms with Crippen LogP contribution in [0.1, 0.15) is 5.56 Å². The van der Waals surface area contributed by atoms with E-state index in [1.54, 1.807) is 12.1 Å². The van der Waals surface area contributed by atoms with Gasteiger partial charge in [-0.3, -0.25) is 0 Å². The number of aromatic hydroxyl groups is 1. The molecule has 0 saturated carbocycles. The molecule has 0 fully saturated rings. The Labute approximate surface area is 108 Å². The summed E-state index contributed by atoms with van der Waals surface area (Å²) in [6.07, 6.45) is -4.83. The van der Waals surface area contributed by atoms with Gasteiger partial charge in [-0.15, -0.1) is 13.2 Å². The van der Waals surface area contributed by atoms with Gasteiger partial charge in [0.25, 0.3) is 0 Å². The lowest BCUT2D eigenvalue weighted by Gasteiger charge is -2.12. The van der Waals surface area contributed by atoms with E-state index in [0.29, 0.717) is 5.56 Å². The van der Waals surface area contributed by atoms with E-state index in [1.807, 2.05) is 19.1 Å². The highest BCUT2D eigenvalue weighted by Crippen LogP contribution is 2.35. The molecule has 0 heterocycles. The highest BCUT2D eigenvalue weighted by molar-refractivity contribution is 5.67. The number of alkyl halides is 3. The van der Waals surface area contributed by atoms with Crippen LogP contribution in [0.15, 0.2) is 42.5 Å². The Morgan fingerprint density at radius 2 is 1.53 bits per heavy atom. The van der Waals surface area contributed by atoms with Gasteiger partial charge < -0.3 is 9.84 Å². The van der Waals surface area contributed by atoms with Crippen LogP contribution in [-0.2, 0) is 0 Å². The van der Waals surface area contributed by atoms with E-state index in [9.17, 15) is 18.3 Å². The quantitative estimate of drug-likeness (QED) is 0.881. The number of hydrogen-bond acceptors (Lipinski definition) is 2. The SMILES string of the molecule is Cc1ccc(-c2ccc(O)c(OC(F)(F)F)c2)cc1. The number of hydrogen-bond donors (Lipinski definition) is 1. The molecule has 0 unspecified atom stereocenters. The minimum atomic E-state index is -4.83. The van der Waals surface area contributed by atoms with Crippen LogP contribution in [-0.4, -0.2) is 11.5 Å². The van der Waals surface area contributed by atoms with E-state index < -0.39 is 17.9 Å². The predicted molar refractivity (Wildman–Crippen MR) is 65.0 cm³/mol. The number of phenolic OH excluding ortho intramolecular Hbond substituents is 1. The van der Waals surface area contributed by atoms with Gasteiger partial charge >= 0.3 is 6.36 Å². The van der Waals surface area contributed by atoms with Crippen LogP contribution in [0.25, 0.3) is 11.1 Å². The molecule has 0 amide bonds. The van der Waals surface area contributed by atoms with Crippen LogP contribution >= 0.6 is 0 Å². The fraction of sp³-hybridized carbons (Fsp3) is 0.143. The van der Waals surface area contributed by atoms with E-state index >= 15 is 0 Å². The summed E-state index contributed by atoms with van der Waals surface area (Å²) in [4.78, 5) is 0. The molecule has 0 saturated heterocycles. The van der Waals surface area contributed by atoms with Crippen molar-refractivity contribution in [3.05, 3.63) is 48.0 Å². The second-order valence-electron chi connectivity index (χ2n) is 4.10. The second kappa shape index (κ2) is 4.84. The molecule has 100 valence electrons. The van der Waals surface area contributed by atoms with Crippen LogP contribution in [0.3, 0.4) is 0 Å². The molecule has 2 aromatic rings. The molecule has 2 nitrogen and oxygen atoms in total. The van der Waals surface area contributed by atoms with Crippen LogP contribution < -0.4 is 4.74 Å². The first-order chi connectivity index (χ1) is 8.85. The van der Waals surface area contributed by atoms with Crippen molar-refractivity contribution in [3.8, 4) is 22.6 Å². The minimum Gasteiger partial charge on any atom is -0.504 e. The van der Waals surface area contributed by atoms with Gasteiger partial charge in [0.15, 0.2) is 11.5 Å². The first-order valence-corrected chi connectivity index (χ1v) is 5.51. The van der Waals surface area contributed by atoms with E-state index in [1.165, 1.54) is 12.1 Å². The summed E-state index contributed by atoms with van der Waals surface area (Å²) in [5.74, 6) is -1.15. The fourth-order valence-corrected chi connectivity index (χ4v) is 1.65. The third-order valence-electron chi connectivity index (χ3n) is 2.57. The molecule has 0 aliphatic heterocycles. The zero-order chi connectivity index (χ0) is 14.0. The molecule has 1 N–H and O–H groups in total. The average molecular weight is 268 g/mol. The van der Waals surface area contributed by atoms with E-state index in [0.717, 1.165) is 17.2 Å². The van der Waals surface area contributed by atoms with Crippen molar-refractivity contribution in [2.45, 2.75) is 13.3 Å². The fourth-order valence-electron chi connectivity index (χ4n) is 1.65. The molecular formula is C14H11F3O2. The summed E-state index contributed by atoms with van der Waals surface area (Å²) < 4.78 is 40.3. The maximum atomic E-state index is 12.2.